The molecule has 106 valence electrons. The van der Waals surface area contributed by atoms with Gasteiger partial charge >= 0.3 is 0 Å². The second-order valence-electron chi connectivity index (χ2n) is 5.48. The van der Waals surface area contributed by atoms with Gasteiger partial charge in [-0.25, -0.2) is 0 Å². The molecule has 0 bridgehead atoms. The monoisotopic (exact) mass is 254 g/mol. The second-order valence-corrected chi connectivity index (χ2v) is 5.48. The van der Waals surface area contributed by atoms with Gasteiger partial charge in [-0.15, -0.1) is 0 Å². The molecule has 1 aliphatic heterocycles. The van der Waals surface area contributed by atoms with E-state index < -0.39 is 0 Å². The van der Waals surface area contributed by atoms with Crippen LogP contribution in [0.2, 0.25) is 0 Å². The van der Waals surface area contributed by atoms with E-state index in [0.29, 0.717) is 12.5 Å². The Balaban J connectivity index is 1.90. The number of hydrogen-bond donors (Lipinski definition) is 2. The van der Waals surface area contributed by atoms with Gasteiger partial charge in [-0.1, -0.05) is 45.4 Å². The summed E-state index contributed by atoms with van der Waals surface area (Å²) in [5.74, 6) is 0.247. The fraction of sp³-hybridized carbons (Fsp3) is 0.933. The number of unbranched alkanes of at least 4 members (excludes halogenated alkanes) is 6. The van der Waals surface area contributed by atoms with Crippen LogP contribution in [0.5, 0.6) is 0 Å². The molecule has 1 saturated heterocycles. The topological polar surface area (TPSA) is 41.1 Å². The zero-order valence-electron chi connectivity index (χ0n) is 12.0. The van der Waals surface area contributed by atoms with Gasteiger partial charge in [0.15, 0.2) is 0 Å². The molecule has 3 nitrogen and oxygen atoms in total. The summed E-state index contributed by atoms with van der Waals surface area (Å²) in [6.45, 7) is 4.29. The lowest BCUT2D eigenvalue weighted by molar-refractivity contribution is -0.122. The number of carbonyl (C=O) groups is 1. The van der Waals surface area contributed by atoms with Gasteiger partial charge in [0, 0.05) is 19.0 Å². The summed E-state index contributed by atoms with van der Waals surface area (Å²) in [5, 5.41) is 6.45. The van der Waals surface area contributed by atoms with E-state index in [2.05, 4.69) is 17.6 Å². The first kappa shape index (κ1) is 15.5. The van der Waals surface area contributed by atoms with Crippen molar-refractivity contribution in [3.63, 3.8) is 0 Å². The SMILES string of the molecule is CCCCCCCCCC(=O)NC1CCCNC1. The van der Waals surface area contributed by atoms with E-state index in [-0.39, 0.29) is 5.91 Å². The van der Waals surface area contributed by atoms with E-state index in [1.54, 1.807) is 0 Å². The van der Waals surface area contributed by atoms with Crippen LogP contribution in [-0.2, 0) is 4.79 Å². The summed E-state index contributed by atoms with van der Waals surface area (Å²) in [6.07, 6.45) is 11.9. The van der Waals surface area contributed by atoms with Crippen molar-refractivity contribution in [3.8, 4) is 0 Å². The molecular weight excluding hydrogens is 224 g/mol. The number of piperidine rings is 1. The van der Waals surface area contributed by atoms with Crippen LogP contribution < -0.4 is 10.6 Å². The normalized spacial score (nSPS) is 19.7. The fourth-order valence-electron chi connectivity index (χ4n) is 2.52. The molecule has 1 atom stereocenters. The minimum absolute atomic E-state index is 0.247. The Morgan fingerprint density at radius 1 is 1.17 bits per heavy atom. The average molecular weight is 254 g/mol. The summed E-state index contributed by atoms with van der Waals surface area (Å²) in [5.41, 5.74) is 0. The van der Waals surface area contributed by atoms with E-state index in [0.717, 1.165) is 25.9 Å². The predicted octanol–water partition coefficient (Wildman–Crippen LogP) is 3.00. The minimum atomic E-state index is 0.247. The zero-order valence-corrected chi connectivity index (χ0v) is 12.0. The van der Waals surface area contributed by atoms with Crippen LogP contribution in [0.25, 0.3) is 0 Å². The molecule has 0 aliphatic carbocycles. The second kappa shape index (κ2) is 10.4. The minimum Gasteiger partial charge on any atom is -0.352 e. The van der Waals surface area contributed by atoms with Gasteiger partial charge in [0.05, 0.1) is 0 Å². The van der Waals surface area contributed by atoms with Crippen LogP contribution in [0.1, 0.15) is 71.1 Å². The lowest BCUT2D eigenvalue weighted by Gasteiger charge is -2.23. The van der Waals surface area contributed by atoms with Gasteiger partial charge in [0.1, 0.15) is 0 Å². The highest BCUT2D eigenvalue weighted by molar-refractivity contribution is 5.76. The highest BCUT2D eigenvalue weighted by Gasteiger charge is 2.14. The van der Waals surface area contributed by atoms with Crippen LogP contribution in [0, 0.1) is 0 Å². The molecule has 1 unspecified atom stereocenters. The first-order valence-electron chi connectivity index (χ1n) is 7.83. The standard InChI is InChI=1S/C15H30N2O/c1-2-3-4-5-6-7-8-11-15(18)17-14-10-9-12-16-13-14/h14,16H,2-13H2,1H3,(H,17,18). The third-order valence-corrected chi connectivity index (χ3v) is 3.67. The maximum absolute atomic E-state index is 11.7. The summed E-state index contributed by atoms with van der Waals surface area (Å²) >= 11 is 0. The van der Waals surface area contributed by atoms with Crippen molar-refractivity contribution in [2.45, 2.75) is 77.2 Å². The van der Waals surface area contributed by atoms with Crippen LogP contribution in [0.15, 0.2) is 0 Å². The maximum Gasteiger partial charge on any atom is 0.220 e. The Hall–Kier alpha value is -0.570. The van der Waals surface area contributed by atoms with Gasteiger partial charge in [-0.05, 0) is 25.8 Å². The number of carbonyl (C=O) groups excluding carboxylic acids is 1. The summed E-state index contributed by atoms with van der Waals surface area (Å²) < 4.78 is 0. The lowest BCUT2D eigenvalue weighted by atomic mass is 10.1. The molecule has 1 heterocycles. The third kappa shape index (κ3) is 7.70. The summed E-state index contributed by atoms with van der Waals surface area (Å²) in [6, 6.07) is 0.371. The van der Waals surface area contributed by atoms with E-state index in [1.807, 2.05) is 0 Å². The smallest absolute Gasteiger partial charge is 0.220 e. The van der Waals surface area contributed by atoms with Gasteiger partial charge < -0.3 is 10.6 Å². The largest absolute Gasteiger partial charge is 0.352 e. The molecule has 1 aliphatic rings. The van der Waals surface area contributed by atoms with E-state index in [1.165, 1.54) is 44.9 Å². The Morgan fingerprint density at radius 2 is 1.89 bits per heavy atom. The van der Waals surface area contributed by atoms with Crippen LogP contribution in [0.3, 0.4) is 0 Å². The fourth-order valence-corrected chi connectivity index (χ4v) is 2.52. The van der Waals surface area contributed by atoms with Gasteiger partial charge in [0.2, 0.25) is 5.91 Å². The molecule has 0 spiro atoms. The molecular formula is C15H30N2O. The van der Waals surface area contributed by atoms with Crippen molar-refractivity contribution < 1.29 is 4.79 Å². The Labute approximate surface area is 112 Å². The number of amides is 1. The van der Waals surface area contributed by atoms with Crippen molar-refractivity contribution in [2.75, 3.05) is 13.1 Å². The number of rotatable bonds is 9. The maximum atomic E-state index is 11.7. The van der Waals surface area contributed by atoms with E-state index >= 15 is 0 Å². The Kier molecular flexibility index (Phi) is 8.92. The van der Waals surface area contributed by atoms with Crippen LogP contribution >= 0.6 is 0 Å². The number of hydrogen-bond acceptors (Lipinski definition) is 2. The number of nitrogens with one attached hydrogen (secondary N) is 2. The molecule has 2 N–H and O–H groups in total. The Bertz CT molecular complexity index is 213. The molecule has 1 amide bonds. The van der Waals surface area contributed by atoms with Gasteiger partial charge in [-0.3, -0.25) is 4.79 Å². The highest BCUT2D eigenvalue weighted by Crippen LogP contribution is 2.08. The molecule has 1 fully saturated rings. The quantitative estimate of drug-likeness (QED) is 0.621. The molecule has 0 radical (unpaired) electrons. The van der Waals surface area contributed by atoms with Crippen molar-refractivity contribution in [3.05, 3.63) is 0 Å². The highest BCUT2D eigenvalue weighted by atomic mass is 16.1. The van der Waals surface area contributed by atoms with E-state index in [4.69, 9.17) is 0 Å². The molecule has 0 aromatic heterocycles. The molecule has 18 heavy (non-hydrogen) atoms. The zero-order chi connectivity index (χ0) is 13.1. The average Bonchev–Trinajstić information content (AvgIpc) is 2.39. The molecule has 0 aromatic rings. The first-order valence-corrected chi connectivity index (χ1v) is 7.83. The molecule has 3 heteroatoms. The first-order chi connectivity index (χ1) is 8.83. The molecule has 0 saturated carbocycles. The lowest BCUT2D eigenvalue weighted by Crippen LogP contribution is -2.45. The third-order valence-electron chi connectivity index (χ3n) is 3.67. The van der Waals surface area contributed by atoms with Gasteiger partial charge in [0.25, 0.3) is 0 Å². The molecule has 1 rings (SSSR count). The molecule has 0 aromatic carbocycles. The Morgan fingerprint density at radius 3 is 2.56 bits per heavy atom. The van der Waals surface area contributed by atoms with Crippen molar-refractivity contribution >= 4 is 5.91 Å². The van der Waals surface area contributed by atoms with Gasteiger partial charge in [-0.2, -0.15) is 0 Å². The summed E-state index contributed by atoms with van der Waals surface area (Å²) in [4.78, 5) is 11.7. The summed E-state index contributed by atoms with van der Waals surface area (Å²) in [7, 11) is 0. The van der Waals surface area contributed by atoms with Crippen LogP contribution in [0.4, 0.5) is 0 Å². The van der Waals surface area contributed by atoms with Crippen molar-refractivity contribution in [1.29, 1.82) is 0 Å². The van der Waals surface area contributed by atoms with Crippen molar-refractivity contribution in [1.82, 2.24) is 10.6 Å². The van der Waals surface area contributed by atoms with Crippen LogP contribution in [-0.4, -0.2) is 25.0 Å². The van der Waals surface area contributed by atoms with E-state index in [9.17, 15) is 4.79 Å². The predicted molar refractivity (Wildman–Crippen MR) is 76.6 cm³/mol. The van der Waals surface area contributed by atoms with Crippen molar-refractivity contribution in [2.24, 2.45) is 0 Å².